The van der Waals surface area contributed by atoms with Crippen LogP contribution in [0.3, 0.4) is 0 Å². The van der Waals surface area contributed by atoms with Gasteiger partial charge in [0.05, 0.1) is 39.8 Å². The standard InChI is InChI=1S/C46H68N2O7/c1-30(2)33-17-22-46(41(51)47-25-26-48(27-38(49)52-8)28-39(50)53-9)24-23-44(6)35(40(33)46)15-16-37-43(5)20-18-34(32-13-11-31(12-14-32)29-55-54-10)42(3,4)36(43)19-21-45(37,44)7/h11-14,18,33,35-37,40H,1,15-17,19-29H2,2-10H3,(H,47,51)/t33-,35+,36-,37+,40+,43-,44+,45+,46-/m0/s1. The van der Waals surface area contributed by atoms with Crippen molar-refractivity contribution < 1.29 is 33.6 Å². The topological polar surface area (TPSA) is 103 Å². The van der Waals surface area contributed by atoms with Gasteiger partial charge in [-0.2, -0.15) is 0 Å². The predicted octanol–water partition coefficient (Wildman–Crippen LogP) is 8.18. The molecule has 9 heteroatoms. The molecule has 5 aliphatic carbocycles. The molecule has 0 aromatic heterocycles. The van der Waals surface area contributed by atoms with Crippen molar-refractivity contribution in [1.82, 2.24) is 10.2 Å². The van der Waals surface area contributed by atoms with Gasteiger partial charge >= 0.3 is 11.9 Å². The summed E-state index contributed by atoms with van der Waals surface area (Å²) >= 11 is 0. The number of allylic oxidation sites excluding steroid dienone is 3. The largest absolute Gasteiger partial charge is 0.468 e. The number of hydrogen-bond acceptors (Lipinski definition) is 8. The number of rotatable bonds is 13. The van der Waals surface area contributed by atoms with Crippen LogP contribution in [0.1, 0.15) is 110 Å². The SMILES string of the molecule is C=C(C)[C@@H]1CC[C@]2(C(=O)NCCN(CC(=O)OC)CC(=O)OC)CC[C@]3(C)[C@H](CC[C@@H]4[C@@]5(C)CC=C(c6ccc(COOC)cc6)C(C)(C)[C@@H]5CC[C@]43C)[C@@H]12. The zero-order valence-corrected chi connectivity index (χ0v) is 35.2. The Hall–Kier alpha value is -3.01. The summed E-state index contributed by atoms with van der Waals surface area (Å²) in [5.41, 5.74) is 5.16. The summed E-state index contributed by atoms with van der Waals surface area (Å²) in [6.45, 7) is 20.6. The van der Waals surface area contributed by atoms with Gasteiger partial charge in [0.2, 0.25) is 5.91 Å². The van der Waals surface area contributed by atoms with Gasteiger partial charge in [0.15, 0.2) is 0 Å². The highest BCUT2D eigenvalue weighted by Gasteiger charge is 2.71. The molecule has 0 aliphatic heterocycles. The zero-order valence-electron chi connectivity index (χ0n) is 35.2. The average molecular weight is 761 g/mol. The van der Waals surface area contributed by atoms with Crippen molar-refractivity contribution in [3.8, 4) is 0 Å². The molecule has 304 valence electrons. The van der Waals surface area contributed by atoms with E-state index in [1.54, 1.807) is 12.0 Å². The van der Waals surface area contributed by atoms with E-state index in [1.165, 1.54) is 50.2 Å². The predicted molar refractivity (Wildman–Crippen MR) is 214 cm³/mol. The minimum Gasteiger partial charge on any atom is -0.468 e. The molecular formula is C46H68N2O7. The van der Waals surface area contributed by atoms with Crippen LogP contribution in [0.4, 0.5) is 0 Å². The summed E-state index contributed by atoms with van der Waals surface area (Å²) in [4.78, 5) is 50.5. The van der Waals surface area contributed by atoms with Crippen molar-refractivity contribution >= 4 is 23.4 Å². The smallest absolute Gasteiger partial charge is 0.319 e. The third-order valence-electron chi connectivity index (χ3n) is 16.6. The van der Waals surface area contributed by atoms with E-state index in [-0.39, 0.29) is 46.6 Å². The van der Waals surface area contributed by atoms with Gasteiger partial charge in [0, 0.05) is 13.1 Å². The minimum atomic E-state index is -0.441. The number of methoxy groups -OCH3 is 2. The van der Waals surface area contributed by atoms with E-state index in [4.69, 9.17) is 19.2 Å². The van der Waals surface area contributed by atoms with Crippen molar-refractivity contribution in [1.29, 1.82) is 0 Å². The lowest BCUT2D eigenvalue weighted by molar-refractivity contribution is -0.282. The molecule has 6 rings (SSSR count). The van der Waals surface area contributed by atoms with Crippen molar-refractivity contribution in [2.75, 3.05) is 47.5 Å². The molecule has 0 spiro atoms. The molecule has 4 fully saturated rings. The number of carbonyl (C=O) groups is 3. The van der Waals surface area contributed by atoms with Crippen LogP contribution in [-0.4, -0.2) is 70.3 Å². The third-order valence-corrected chi connectivity index (χ3v) is 16.6. The lowest BCUT2D eigenvalue weighted by Gasteiger charge is -2.72. The van der Waals surface area contributed by atoms with E-state index in [0.29, 0.717) is 43.4 Å². The fraction of sp³-hybridized carbons (Fsp3) is 0.717. The molecule has 0 saturated heterocycles. The van der Waals surface area contributed by atoms with Gasteiger partial charge in [-0.1, -0.05) is 77.1 Å². The van der Waals surface area contributed by atoms with Crippen LogP contribution in [0, 0.1) is 56.7 Å². The first-order valence-electron chi connectivity index (χ1n) is 20.8. The highest BCUT2D eigenvalue weighted by atomic mass is 17.2. The van der Waals surface area contributed by atoms with E-state index in [9.17, 15) is 14.4 Å². The second-order valence-electron chi connectivity index (χ2n) is 19.1. The summed E-state index contributed by atoms with van der Waals surface area (Å²) in [7, 11) is 4.21. The first kappa shape index (κ1) is 41.6. The number of fused-ring (bicyclic) bond motifs is 7. The number of ether oxygens (including phenoxy) is 2. The summed E-state index contributed by atoms with van der Waals surface area (Å²) in [6, 6.07) is 8.84. The lowest BCUT2D eigenvalue weighted by atomic mass is 9.32. The van der Waals surface area contributed by atoms with Crippen molar-refractivity contribution in [3.63, 3.8) is 0 Å². The maximum absolute atomic E-state index is 14.6. The summed E-state index contributed by atoms with van der Waals surface area (Å²) in [5.74, 6) is 1.47. The van der Waals surface area contributed by atoms with Crippen LogP contribution in [0.15, 0.2) is 42.5 Å². The quantitative estimate of drug-likeness (QED) is 0.0930. The fourth-order valence-corrected chi connectivity index (χ4v) is 13.8. The van der Waals surface area contributed by atoms with E-state index in [1.807, 2.05) is 0 Å². The van der Waals surface area contributed by atoms with Gasteiger partial charge in [-0.05, 0) is 133 Å². The molecule has 1 aromatic rings. The number of esters is 2. The normalized spacial score (nSPS) is 36.0. The van der Waals surface area contributed by atoms with Gasteiger partial charge in [0.1, 0.15) is 6.61 Å². The molecule has 55 heavy (non-hydrogen) atoms. The molecule has 9 nitrogen and oxygen atoms in total. The highest BCUT2D eigenvalue weighted by Crippen LogP contribution is 2.77. The lowest BCUT2D eigenvalue weighted by Crippen LogP contribution is -2.66. The monoisotopic (exact) mass is 761 g/mol. The Labute approximate surface area is 330 Å². The first-order valence-corrected chi connectivity index (χ1v) is 20.8. The van der Waals surface area contributed by atoms with Gasteiger partial charge < -0.3 is 14.8 Å². The number of amides is 1. The number of nitrogens with zero attached hydrogens (tertiary/aromatic N) is 1. The van der Waals surface area contributed by atoms with Crippen LogP contribution in [0.25, 0.3) is 5.57 Å². The van der Waals surface area contributed by atoms with E-state index >= 15 is 0 Å². The Morgan fingerprint density at radius 1 is 0.836 bits per heavy atom. The molecule has 0 heterocycles. The van der Waals surface area contributed by atoms with Crippen molar-refractivity contribution in [3.05, 3.63) is 53.6 Å². The van der Waals surface area contributed by atoms with Crippen LogP contribution in [0.2, 0.25) is 0 Å². The molecule has 5 aliphatic rings. The van der Waals surface area contributed by atoms with Crippen molar-refractivity contribution in [2.45, 2.75) is 106 Å². The summed E-state index contributed by atoms with van der Waals surface area (Å²) < 4.78 is 9.72. The van der Waals surface area contributed by atoms with Crippen LogP contribution < -0.4 is 5.32 Å². The zero-order chi connectivity index (χ0) is 40.0. The van der Waals surface area contributed by atoms with Crippen LogP contribution in [-0.2, 0) is 40.2 Å². The van der Waals surface area contributed by atoms with Gasteiger partial charge in [-0.3, -0.25) is 19.3 Å². The molecular weight excluding hydrogens is 693 g/mol. The van der Waals surface area contributed by atoms with Crippen LogP contribution >= 0.6 is 0 Å². The van der Waals surface area contributed by atoms with Gasteiger partial charge in [0.25, 0.3) is 0 Å². The second-order valence-corrected chi connectivity index (χ2v) is 19.1. The highest BCUT2D eigenvalue weighted by molar-refractivity contribution is 5.84. The molecule has 0 bridgehead atoms. The Kier molecular flexibility index (Phi) is 11.9. The molecule has 9 atom stereocenters. The molecule has 1 N–H and O–H groups in total. The molecule has 0 radical (unpaired) electrons. The molecule has 1 amide bonds. The Morgan fingerprint density at radius 3 is 2.13 bits per heavy atom. The number of benzene rings is 1. The van der Waals surface area contributed by atoms with E-state index in [0.717, 1.165) is 44.1 Å². The molecule has 1 aromatic carbocycles. The fourth-order valence-electron chi connectivity index (χ4n) is 13.8. The van der Waals surface area contributed by atoms with Gasteiger partial charge in [-0.25, -0.2) is 9.78 Å². The summed E-state index contributed by atoms with van der Waals surface area (Å²) in [6.07, 6.45) is 12.3. The number of carbonyl (C=O) groups excluding carboxylic acids is 3. The Balaban J connectivity index is 1.24. The number of hydrogen-bond donors (Lipinski definition) is 1. The maximum atomic E-state index is 14.6. The average Bonchev–Trinajstić information content (AvgIpc) is 3.55. The first-order chi connectivity index (χ1) is 26.0. The molecule has 0 unspecified atom stereocenters. The van der Waals surface area contributed by atoms with E-state index < -0.39 is 17.4 Å². The van der Waals surface area contributed by atoms with E-state index in [2.05, 4.69) is 83.8 Å². The van der Waals surface area contributed by atoms with Crippen molar-refractivity contribution in [2.24, 2.45) is 56.7 Å². The molecule has 4 saturated carbocycles. The summed E-state index contributed by atoms with van der Waals surface area (Å²) in [5, 5.41) is 3.31. The second kappa shape index (κ2) is 15.7. The number of nitrogens with one attached hydrogen (secondary N) is 1. The Bertz CT molecular complexity index is 1640. The Morgan fingerprint density at radius 2 is 1.51 bits per heavy atom. The third kappa shape index (κ3) is 7.02. The maximum Gasteiger partial charge on any atom is 0.319 e. The minimum absolute atomic E-state index is 0.0379. The van der Waals surface area contributed by atoms with Gasteiger partial charge in [-0.15, -0.1) is 0 Å². The van der Waals surface area contributed by atoms with Crippen LogP contribution in [0.5, 0.6) is 0 Å².